The molecule has 7 bridgehead atoms. The maximum absolute atomic E-state index is 11.1. The molecule has 2 spiro atoms. The molecule has 12 atom stereocenters. The first kappa shape index (κ1) is 31.7. The van der Waals surface area contributed by atoms with Crippen molar-refractivity contribution in [3.63, 3.8) is 0 Å². The van der Waals surface area contributed by atoms with Crippen LogP contribution in [0.5, 0.6) is 5.75 Å². The average molecular weight is 630 g/mol. The number of nitrogens with two attached hydrogens (primary N) is 1. The van der Waals surface area contributed by atoms with E-state index < -0.39 is 11.1 Å². The van der Waals surface area contributed by atoms with E-state index in [0.717, 1.165) is 63.4 Å². The van der Waals surface area contributed by atoms with Crippen molar-refractivity contribution in [2.75, 3.05) is 20.3 Å². The van der Waals surface area contributed by atoms with Gasteiger partial charge in [0.05, 0.1) is 17.1 Å². The summed E-state index contributed by atoms with van der Waals surface area (Å²) in [5, 5.41) is 21.6. The largest absolute Gasteiger partial charge is 0.508 e. The summed E-state index contributed by atoms with van der Waals surface area (Å²) in [5.74, 6) is 10.9. The Morgan fingerprint density at radius 2 is 1.89 bits per heavy atom. The van der Waals surface area contributed by atoms with E-state index in [4.69, 9.17) is 15.2 Å². The van der Waals surface area contributed by atoms with Crippen LogP contribution in [0.4, 0.5) is 0 Å². The van der Waals surface area contributed by atoms with Crippen molar-refractivity contribution in [2.24, 2.45) is 63.9 Å². The second-order valence-corrected chi connectivity index (χ2v) is 18.4. The van der Waals surface area contributed by atoms with Gasteiger partial charge in [-0.25, -0.2) is 0 Å². The molecule has 5 nitrogen and oxygen atoms in total. The molecule has 6 aliphatic carbocycles. The molecule has 0 radical (unpaired) electrons. The van der Waals surface area contributed by atoms with E-state index in [1.54, 1.807) is 0 Å². The molecule has 2 heterocycles. The molecular weight excluding hydrogens is 570 g/mol. The zero-order valence-electron chi connectivity index (χ0n) is 29.0. The summed E-state index contributed by atoms with van der Waals surface area (Å²) in [6.45, 7) is 8.08. The third-order valence-corrected chi connectivity index (χ3v) is 15.3. The van der Waals surface area contributed by atoms with Gasteiger partial charge in [0.15, 0.2) is 0 Å². The number of phenolic OH excluding ortho intramolecular Hbond substituents is 1. The lowest BCUT2D eigenvalue weighted by atomic mass is 9.31. The third-order valence-electron chi connectivity index (χ3n) is 15.3. The van der Waals surface area contributed by atoms with Crippen molar-refractivity contribution in [2.45, 2.75) is 127 Å². The standard InChI is InChI=1S/C41H59NO4/c1-26(2)16-27-10-14-38(20-27)21-28-17-30-8-9-34(44)19-29(30)6-5-7-35-40(33(18-28)22-38)25-39-15-12-31(23-43)41(35,42)36(39)37(3,46-40)13-11-32(39)24-45-4/h8-9,19,26-28,31-33,35-36,43-44H,6,10-18,20-25,42H2,1-4H3/t27-,28+,31-,32+,33-,35?,36+,37+,38+,39-,40-,41-/m0/s1. The molecule has 1 aromatic rings. The van der Waals surface area contributed by atoms with Crippen LogP contribution in [0.1, 0.15) is 109 Å². The fraction of sp³-hybridized carbons (Fsp3) is 0.805. The first-order valence-electron chi connectivity index (χ1n) is 18.9. The summed E-state index contributed by atoms with van der Waals surface area (Å²) < 4.78 is 13.8. The molecule has 0 aromatic heterocycles. The Hall–Kier alpha value is -1.58. The highest BCUT2D eigenvalue weighted by Crippen LogP contribution is 2.77. The van der Waals surface area contributed by atoms with Gasteiger partial charge in [0.2, 0.25) is 0 Å². The molecular formula is C41H59NO4. The minimum Gasteiger partial charge on any atom is -0.508 e. The van der Waals surface area contributed by atoms with Crippen LogP contribution >= 0.6 is 0 Å². The molecule has 252 valence electrons. The zero-order chi connectivity index (χ0) is 32.1. The van der Waals surface area contributed by atoms with E-state index in [-0.39, 0.29) is 35.4 Å². The molecule has 2 aliphatic heterocycles. The number of fused-ring (bicyclic) bond motifs is 3. The van der Waals surface area contributed by atoms with E-state index in [0.29, 0.717) is 35.3 Å². The van der Waals surface area contributed by atoms with Crippen LogP contribution in [0, 0.1) is 70.0 Å². The lowest BCUT2D eigenvalue weighted by Crippen LogP contribution is -2.87. The van der Waals surface area contributed by atoms with Crippen LogP contribution in [0.2, 0.25) is 0 Å². The van der Waals surface area contributed by atoms with Crippen molar-refractivity contribution in [1.29, 1.82) is 0 Å². The molecule has 46 heavy (non-hydrogen) atoms. The van der Waals surface area contributed by atoms with E-state index in [2.05, 4.69) is 38.7 Å². The van der Waals surface area contributed by atoms with Gasteiger partial charge in [-0.05, 0) is 154 Å². The molecule has 5 saturated carbocycles. The summed E-state index contributed by atoms with van der Waals surface area (Å²) in [5.41, 5.74) is 9.64. The van der Waals surface area contributed by atoms with E-state index in [1.807, 2.05) is 19.2 Å². The lowest BCUT2D eigenvalue weighted by Gasteiger charge is -2.80. The van der Waals surface area contributed by atoms with Crippen LogP contribution in [-0.2, 0) is 22.3 Å². The summed E-state index contributed by atoms with van der Waals surface area (Å²) >= 11 is 0. The van der Waals surface area contributed by atoms with Gasteiger partial charge >= 0.3 is 0 Å². The van der Waals surface area contributed by atoms with Crippen LogP contribution < -0.4 is 5.73 Å². The number of hydrogen-bond donors (Lipinski definition) is 3. The van der Waals surface area contributed by atoms with Gasteiger partial charge in [0.25, 0.3) is 0 Å². The monoisotopic (exact) mass is 629 g/mol. The fourth-order valence-electron chi connectivity index (χ4n) is 14.3. The molecule has 9 rings (SSSR count). The van der Waals surface area contributed by atoms with Crippen LogP contribution in [0.15, 0.2) is 18.2 Å². The topological polar surface area (TPSA) is 84.9 Å². The lowest BCUT2D eigenvalue weighted by molar-refractivity contribution is -0.395. The number of rotatable bonds is 5. The minimum absolute atomic E-state index is 0.0193. The Morgan fingerprint density at radius 3 is 2.67 bits per heavy atom. The highest BCUT2D eigenvalue weighted by Gasteiger charge is 2.81. The number of methoxy groups -OCH3 is 1. The second-order valence-electron chi connectivity index (χ2n) is 18.4. The average Bonchev–Trinajstić information content (AvgIpc) is 3.36. The number of aliphatic hydroxyl groups is 1. The maximum Gasteiger partial charge on any atom is 0.115 e. The number of ether oxygens (including phenoxy) is 2. The number of phenols is 1. The SMILES string of the molecule is COC[C@H]1CC[C@@]2(C)O[C@]34C[C@@]15CC[C@@H](CO)[C@](N)(C3C#CCc1cc(O)ccc1C[C@@H]1C[C@H]4C[C@@]3(CC[C@@H](CC(C)C)C3)C1)[C@@H]52. The molecule has 8 aliphatic rings. The Labute approximate surface area is 277 Å². The van der Waals surface area contributed by atoms with Gasteiger partial charge in [0, 0.05) is 44.1 Å². The summed E-state index contributed by atoms with van der Waals surface area (Å²) in [6, 6.07) is 6.00. The minimum atomic E-state index is -0.608. The van der Waals surface area contributed by atoms with Crippen molar-refractivity contribution >= 4 is 0 Å². The van der Waals surface area contributed by atoms with E-state index >= 15 is 0 Å². The molecule has 2 saturated heterocycles. The van der Waals surface area contributed by atoms with Crippen LogP contribution in [-0.4, -0.2) is 47.3 Å². The number of aliphatic hydroxyl groups excluding tert-OH is 1. The number of benzene rings is 1. The maximum atomic E-state index is 11.1. The van der Waals surface area contributed by atoms with Gasteiger partial charge < -0.3 is 25.4 Å². The molecule has 1 aromatic carbocycles. The Morgan fingerprint density at radius 1 is 1.07 bits per heavy atom. The van der Waals surface area contributed by atoms with Crippen LogP contribution in [0.25, 0.3) is 0 Å². The zero-order valence-corrected chi connectivity index (χ0v) is 29.0. The van der Waals surface area contributed by atoms with Crippen molar-refractivity contribution in [1.82, 2.24) is 0 Å². The van der Waals surface area contributed by atoms with Gasteiger partial charge in [0.1, 0.15) is 5.75 Å². The van der Waals surface area contributed by atoms with E-state index in [9.17, 15) is 10.2 Å². The normalized spacial score (nSPS) is 48.7. The smallest absolute Gasteiger partial charge is 0.115 e. The summed E-state index contributed by atoms with van der Waals surface area (Å²) in [6.07, 6.45) is 16.0. The summed E-state index contributed by atoms with van der Waals surface area (Å²) in [4.78, 5) is 0. The van der Waals surface area contributed by atoms with Gasteiger partial charge in [-0.1, -0.05) is 31.8 Å². The fourth-order valence-corrected chi connectivity index (χ4v) is 14.3. The second kappa shape index (κ2) is 11.0. The molecule has 7 fully saturated rings. The van der Waals surface area contributed by atoms with Crippen molar-refractivity contribution in [3.05, 3.63) is 29.3 Å². The van der Waals surface area contributed by atoms with Gasteiger partial charge in [-0.15, -0.1) is 0 Å². The van der Waals surface area contributed by atoms with Gasteiger partial charge in [-0.3, -0.25) is 0 Å². The molecule has 1 unspecified atom stereocenters. The van der Waals surface area contributed by atoms with Crippen LogP contribution in [0.3, 0.4) is 0 Å². The molecule has 4 N–H and O–H groups in total. The highest BCUT2D eigenvalue weighted by molar-refractivity contribution is 5.41. The Kier molecular flexibility index (Phi) is 7.55. The predicted molar refractivity (Wildman–Crippen MR) is 181 cm³/mol. The summed E-state index contributed by atoms with van der Waals surface area (Å²) in [7, 11) is 1.87. The first-order chi connectivity index (χ1) is 22.0. The first-order valence-corrected chi connectivity index (χ1v) is 18.9. The van der Waals surface area contributed by atoms with Gasteiger partial charge in [-0.2, -0.15) is 0 Å². The molecule has 0 amide bonds. The highest BCUT2D eigenvalue weighted by atomic mass is 16.5. The van der Waals surface area contributed by atoms with E-state index in [1.165, 1.54) is 49.7 Å². The molecule has 5 heteroatoms. The Bertz CT molecular complexity index is 1410. The quantitative estimate of drug-likeness (QED) is 0.304. The predicted octanol–water partition coefficient (Wildman–Crippen LogP) is 7.05. The van der Waals surface area contributed by atoms with Crippen molar-refractivity contribution < 1.29 is 19.7 Å². The van der Waals surface area contributed by atoms with Crippen molar-refractivity contribution in [3.8, 4) is 17.6 Å². The number of hydrogen-bond acceptors (Lipinski definition) is 5. The Balaban J connectivity index is 1.31. The number of aromatic hydroxyl groups is 1. The third kappa shape index (κ3) is 4.48.